The van der Waals surface area contributed by atoms with Gasteiger partial charge in [0.1, 0.15) is 5.69 Å². The highest BCUT2D eigenvalue weighted by Crippen LogP contribution is 2.37. The van der Waals surface area contributed by atoms with Crippen molar-refractivity contribution in [3.05, 3.63) is 89.4 Å². The third kappa shape index (κ3) is 4.87. The molecule has 0 radical (unpaired) electrons. The number of thiazole rings is 1. The maximum absolute atomic E-state index is 13.1. The molecule has 2 aromatic heterocycles. The average molecular weight is 516 g/mol. The van der Waals surface area contributed by atoms with Crippen LogP contribution in [0.4, 0.5) is 37.8 Å². The van der Waals surface area contributed by atoms with Crippen LogP contribution in [0.15, 0.2) is 78.3 Å². The van der Waals surface area contributed by atoms with E-state index in [9.17, 15) is 26.3 Å². The summed E-state index contributed by atoms with van der Waals surface area (Å²) in [5, 5.41) is 11.5. The molecule has 0 saturated carbocycles. The first-order valence-corrected chi connectivity index (χ1v) is 11.3. The van der Waals surface area contributed by atoms with Crippen molar-refractivity contribution in [2.75, 3.05) is 5.32 Å². The standard InChI is InChI=1S/C25H14F6N4S/c26-24(27,28)16-5-1-14(2-6-16)19-12-22(33-18-9-10-20-21(11-18)36-13-32-20)34-35-23(19)15-3-7-17(8-4-15)25(29,30)31/h1-13H,(H,33,34). The maximum Gasteiger partial charge on any atom is 0.416 e. The Morgan fingerprint density at radius 2 is 1.28 bits per heavy atom. The number of alkyl halides is 6. The summed E-state index contributed by atoms with van der Waals surface area (Å²) in [7, 11) is 0. The molecular formula is C25H14F6N4S. The minimum Gasteiger partial charge on any atom is -0.339 e. The summed E-state index contributed by atoms with van der Waals surface area (Å²) in [4.78, 5) is 4.22. The van der Waals surface area contributed by atoms with Crippen molar-refractivity contribution in [1.82, 2.24) is 15.2 Å². The number of rotatable bonds is 4. The number of benzene rings is 3. The molecular weight excluding hydrogens is 502 g/mol. The summed E-state index contributed by atoms with van der Waals surface area (Å²) in [6.45, 7) is 0. The van der Waals surface area contributed by atoms with Crippen LogP contribution in [0.25, 0.3) is 32.6 Å². The Labute approximate surface area is 204 Å². The number of nitrogens with zero attached hydrogens (tertiary/aromatic N) is 3. The van der Waals surface area contributed by atoms with Gasteiger partial charge in [0.05, 0.1) is 26.9 Å². The van der Waals surface area contributed by atoms with E-state index in [-0.39, 0.29) is 5.69 Å². The predicted molar refractivity (Wildman–Crippen MR) is 126 cm³/mol. The minimum atomic E-state index is -4.51. The summed E-state index contributed by atoms with van der Waals surface area (Å²) in [6, 6.07) is 15.9. The van der Waals surface area contributed by atoms with E-state index in [0.29, 0.717) is 28.2 Å². The summed E-state index contributed by atoms with van der Waals surface area (Å²) < 4.78 is 79.2. The highest BCUT2D eigenvalue weighted by Gasteiger charge is 2.31. The normalized spacial score (nSPS) is 12.2. The Bertz CT molecular complexity index is 1520. The van der Waals surface area contributed by atoms with Gasteiger partial charge in [-0.1, -0.05) is 24.3 Å². The third-order valence-electron chi connectivity index (χ3n) is 5.41. The first-order chi connectivity index (χ1) is 17.1. The first kappa shape index (κ1) is 23.7. The quantitative estimate of drug-likeness (QED) is 0.245. The van der Waals surface area contributed by atoms with Crippen molar-refractivity contribution in [3.63, 3.8) is 0 Å². The van der Waals surface area contributed by atoms with Gasteiger partial charge >= 0.3 is 12.4 Å². The van der Waals surface area contributed by atoms with Gasteiger partial charge in [0, 0.05) is 16.8 Å². The fraction of sp³-hybridized carbons (Fsp3) is 0.0800. The zero-order valence-corrected chi connectivity index (χ0v) is 18.8. The van der Waals surface area contributed by atoms with Gasteiger partial charge in [-0.15, -0.1) is 21.5 Å². The summed E-state index contributed by atoms with van der Waals surface area (Å²) >= 11 is 1.46. The van der Waals surface area contributed by atoms with Crippen LogP contribution >= 0.6 is 11.3 Å². The Morgan fingerprint density at radius 3 is 1.89 bits per heavy atom. The molecule has 36 heavy (non-hydrogen) atoms. The molecule has 3 aromatic carbocycles. The number of nitrogens with one attached hydrogen (secondary N) is 1. The molecule has 0 aliphatic carbocycles. The summed E-state index contributed by atoms with van der Waals surface area (Å²) in [6.07, 6.45) is -9.01. The Kier molecular flexibility index (Phi) is 5.87. The molecule has 4 nitrogen and oxygen atoms in total. The largest absolute Gasteiger partial charge is 0.416 e. The smallest absolute Gasteiger partial charge is 0.339 e. The molecule has 182 valence electrons. The molecule has 0 aliphatic rings. The first-order valence-electron chi connectivity index (χ1n) is 10.4. The summed E-state index contributed by atoms with van der Waals surface area (Å²) in [5.41, 5.74) is 2.97. The highest BCUT2D eigenvalue weighted by atomic mass is 32.1. The lowest BCUT2D eigenvalue weighted by Gasteiger charge is -2.14. The number of hydrogen-bond donors (Lipinski definition) is 1. The lowest BCUT2D eigenvalue weighted by atomic mass is 9.98. The molecule has 0 aliphatic heterocycles. The SMILES string of the molecule is FC(F)(F)c1ccc(-c2cc(Nc3ccc4ncsc4c3)nnc2-c2ccc(C(F)(F)F)cc2)cc1. The molecule has 0 saturated heterocycles. The minimum absolute atomic E-state index is 0.229. The van der Waals surface area contributed by atoms with E-state index >= 15 is 0 Å². The van der Waals surface area contributed by atoms with Crippen LogP contribution in [-0.4, -0.2) is 15.2 Å². The van der Waals surface area contributed by atoms with E-state index in [4.69, 9.17) is 0 Å². The molecule has 0 fully saturated rings. The van der Waals surface area contributed by atoms with Crippen molar-refractivity contribution in [3.8, 4) is 22.4 Å². The van der Waals surface area contributed by atoms with Gasteiger partial charge in [0.2, 0.25) is 0 Å². The van der Waals surface area contributed by atoms with E-state index in [1.165, 1.54) is 35.6 Å². The second-order valence-corrected chi connectivity index (χ2v) is 8.69. The summed E-state index contributed by atoms with van der Waals surface area (Å²) in [5.74, 6) is 0.310. The average Bonchev–Trinajstić information content (AvgIpc) is 3.31. The Hall–Kier alpha value is -3.99. The van der Waals surface area contributed by atoms with Crippen molar-refractivity contribution in [2.24, 2.45) is 0 Å². The van der Waals surface area contributed by atoms with Crippen LogP contribution in [-0.2, 0) is 12.4 Å². The molecule has 5 aromatic rings. The highest BCUT2D eigenvalue weighted by molar-refractivity contribution is 7.16. The fourth-order valence-electron chi connectivity index (χ4n) is 3.62. The van der Waals surface area contributed by atoms with Crippen LogP contribution in [0, 0.1) is 0 Å². The lowest BCUT2D eigenvalue weighted by molar-refractivity contribution is -0.138. The predicted octanol–water partition coefficient (Wildman–Crippen LogP) is 8.20. The lowest BCUT2D eigenvalue weighted by Crippen LogP contribution is -2.05. The Morgan fingerprint density at radius 1 is 0.667 bits per heavy atom. The van der Waals surface area contributed by atoms with E-state index in [0.717, 1.165) is 34.5 Å². The zero-order valence-electron chi connectivity index (χ0n) is 18.0. The molecule has 5 rings (SSSR count). The van der Waals surface area contributed by atoms with Crippen LogP contribution in [0.2, 0.25) is 0 Å². The molecule has 1 N–H and O–H groups in total. The van der Waals surface area contributed by atoms with Crippen LogP contribution in [0.5, 0.6) is 0 Å². The Balaban J connectivity index is 1.57. The molecule has 2 heterocycles. The number of halogens is 6. The number of aromatic nitrogens is 3. The van der Waals surface area contributed by atoms with E-state index < -0.39 is 23.5 Å². The van der Waals surface area contributed by atoms with Crippen molar-refractivity contribution < 1.29 is 26.3 Å². The van der Waals surface area contributed by atoms with E-state index in [2.05, 4.69) is 20.5 Å². The van der Waals surface area contributed by atoms with Gasteiger partial charge < -0.3 is 5.32 Å². The molecule has 0 unspecified atom stereocenters. The fourth-order valence-corrected chi connectivity index (χ4v) is 4.34. The molecule has 0 amide bonds. The second-order valence-electron chi connectivity index (χ2n) is 7.80. The maximum atomic E-state index is 13.1. The van der Waals surface area contributed by atoms with Crippen molar-refractivity contribution in [2.45, 2.75) is 12.4 Å². The molecule has 0 atom stereocenters. The van der Waals surface area contributed by atoms with Crippen LogP contribution in [0.1, 0.15) is 11.1 Å². The van der Waals surface area contributed by atoms with Gasteiger partial charge in [-0.05, 0) is 54.1 Å². The van der Waals surface area contributed by atoms with Crippen LogP contribution < -0.4 is 5.32 Å². The van der Waals surface area contributed by atoms with Crippen molar-refractivity contribution >= 4 is 33.1 Å². The number of fused-ring (bicyclic) bond motifs is 1. The number of hydrogen-bond acceptors (Lipinski definition) is 5. The molecule has 11 heteroatoms. The monoisotopic (exact) mass is 516 g/mol. The van der Waals surface area contributed by atoms with Gasteiger partial charge in [0.15, 0.2) is 5.82 Å². The number of anilines is 2. The molecule has 0 spiro atoms. The van der Waals surface area contributed by atoms with Gasteiger partial charge in [-0.25, -0.2) is 4.98 Å². The molecule has 0 bridgehead atoms. The second kappa shape index (κ2) is 8.90. The zero-order chi connectivity index (χ0) is 25.5. The van der Waals surface area contributed by atoms with E-state index in [1.54, 1.807) is 17.6 Å². The van der Waals surface area contributed by atoms with Crippen LogP contribution in [0.3, 0.4) is 0 Å². The van der Waals surface area contributed by atoms with Gasteiger partial charge in [-0.3, -0.25) is 0 Å². The van der Waals surface area contributed by atoms with E-state index in [1.807, 2.05) is 12.1 Å². The van der Waals surface area contributed by atoms with Gasteiger partial charge in [-0.2, -0.15) is 26.3 Å². The third-order valence-corrected chi connectivity index (χ3v) is 6.20. The van der Waals surface area contributed by atoms with Gasteiger partial charge in [0.25, 0.3) is 0 Å². The van der Waals surface area contributed by atoms with Crippen molar-refractivity contribution in [1.29, 1.82) is 0 Å². The topological polar surface area (TPSA) is 50.7 Å².